The summed E-state index contributed by atoms with van der Waals surface area (Å²) in [5.41, 5.74) is 0.193. The van der Waals surface area contributed by atoms with Crippen molar-refractivity contribution in [1.82, 2.24) is 20.2 Å². The lowest BCUT2D eigenvalue weighted by molar-refractivity contribution is -0.113. The Bertz CT molecular complexity index is 1030. The number of ether oxygens (including phenoxy) is 1. The molecule has 29 heavy (non-hydrogen) atoms. The summed E-state index contributed by atoms with van der Waals surface area (Å²) in [5, 5.41) is 22.1. The molecule has 0 radical (unpaired) electrons. The molecule has 3 aromatic heterocycles. The molecule has 0 saturated carbocycles. The Morgan fingerprint density at radius 2 is 2.24 bits per heavy atom. The van der Waals surface area contributed by atoms with Gasteiger partial charge in [-0.15, -0.1) is 21.5 Å². The zero-order valence-corrected chi connectivity index (χ0v) is 16.7. The summed E-state index contributed by atoms with van der Waals surface area (Å²) in [6, 6.07) is 5.77. The number of amides is 1. The summed E-state index contributed by atoms with van der Waals surface area (Å²) in [4.78, 5) is 23.7. The van der Waals surface area contributed by atoms with Gasteiger partial charge >= 0.3 is 0 Å². The molecule has 1 aliphatic heterocycles. The lowest BCUT2D eigenvalue weighted by atomic mass is 10.3. The highest BCUT2D eigenvalue weighted by molar-refractivity contribution is 7.99. The molecular formula is C17H15N7O3S2. The SMILES string of the molecule is N#Cc1cnc(N2CCOCC2)nc1NC(=O)CSc1nnc(-c2cccs2)o1. The van der Waals surface area contributed by atoms with Crippen LogP contribution < -0.4 is 10.2 Å². The van der Waals surface area contributed by atoms with E-state index in [1.807, 2.05) is 28.5 Å². The van der Waals surface area contributed by atoms with E-state index in [0.717, 1.165) is 16.6 Å². The number of thiophene rings is 1. The third-order valence-electron chi connectivity index (χ3n) is 3.91. The molecule has 0 atom stereocenters. The summed E-state index contributed by atoms with van der Waals surface area (Å²) in [6.07, 6.45) is 1.41. The number of rotatable bonds is 6. The number of nitriles is 1. The average molecular weight is 429 g/mol. The number of carbonyl (C=O) groups excluding carboxylic acids is 1. The Morgan fingerprint density at radius 3 is 3.00 bits per heavy atom. The third kappa shape index (κ3) is 4.70. The number of thioether (sulfide) groups is 1. The van der Waals surface area contributed by atoms with Crippen molar-refractivity contribution in [2.75, 3.05) is 42.3 Å². The first-order valence-corrected chi connectivity index (χ1v) is 10.5. The van der Waals surface area contributed by atoms with Crippen LogP contribution in [-0.2, 0) is 9.53 Å². The molecule has 1 amide bonds. The highest BCUT2D eigenvalue weighted by Crippen LogP contribution is 2.26. The van der Waals surface area contributed by atoms with E-state index in [9.17, 15) is 10.1 Å². The van der Waals surface area contributed by atoms with E-state index in [1.165, 1.54) is 17.5 Å². The van der Waals surface area contributed by atoms with Crippen molar-refractivity contribution in [1.29, 1.82) is 5.26 Å². The van der Waals surface area contributed by atoms with Crippen molar-refractivity contribution in [3.63, 3.8) is 0 Å². The Hall–Kier alpha value is -3.01. The van der Waals surface area contributed by atoms with Gasteiger partial charge in [0.2, 0.25) is 11.9 Å². The normalized spacial score (nSPS) is 13.8. The van der Waals surface area contributed by atoms with Gasteiger partial charge in [-0.05, 0) is 11.4 Å². The molecule has 12 heteroatoms. The van der Waals surface area contributed by atoms with Crippen molar-refractivity contribution >= 4 is 40.8 Å². The highest BCUT2D eigenvalue weighted by atomic mass is 32.2. The van der Waals surface area contributed by atoms with Crippen LogP contribution in [0.1, 0.15) is 5.56 Å². The van der Waals surface area contributed by atoms with Gasteiger partial charge in [0, 0.05) is 13.1 Å². The van der Waals surface area contributed by atoms with Gasteiger partial charge in [-0.2, -0.15) is 10.2 Å². The summed E-state index contributed by atoms with van der Waals surface area (Å²) < 4.78 is 10.9. The Kier molecular flexibility index (Phi) is 5.99. The first-order valence-electron chi connectivity index (χ1n) is 8.63. The maximum atomic E-state index is 12.4. The van der Waals surface area contributed by atoms with Crippen LogP contribution in [0.15, 0.2) is 33.3 Å². The first-order chi connectivity index (χ1) is 14.2. The van der Waals surface area contributed by atoms with Crippen molar-refractivity contribution in [3.05, 3.63) is 29.3 Å². The van der Waals surface area contributed by atoms with E-state index >= 15 is 0 Å². The van der Waals surface area contributed by atoms with E-state index in [4.69, 9.17) is 9.15 Å². The average Bonchev–Trinajstić information content (AvgIpc) is 3.45. The van der Waals surface area contributed by atoms with Crippen LogP contribution in [0.4, 0.5) is 11.8 Å². The number of nitrogens with one attached hydrogen (secondary N) is 1. The monoisotopic (exact) mass is 429 g/mol. The topological polar surface area (TPSA) is 130 Å². The van der Waals surface area contributed by atoms with Crippen LogP contribution >= 0.6 is 23.1 Å². The standard InChI is InChI=1S/C17H15N7O3S2/c18-8-11-9-19-16(24-3-5-26-6-4-24)21-14(11)20-13(25)10-29-17-23-22-15(27-17)12-2-1-7-28-12/h1-2,7,9H,3-6,10H2,(H,19,20,21,25). The quantitative estimate of drug-likeness (QED) is 0.581. The van der Waals surface area contributed by atoms with Gasteiger partial charge < -0.3 is 19.4 Å². The lowest BCUT2D eigenvalue weighted by Crippen LogP contribution is -2.37. The van der Waals surface area contributed by atoms with Gasteiger partial charge in [0.25, 0.3) is 11.1 Å². The fraction of sp³-hybridized carbons (Fsp3) is 0.294. The number of morpholine rings is 1. The molecule has 1 saturated heterocycles. The summed E-state index contributed by atoms with van der Waals surface area (Å²) in [7, 11) is 0. The van der Waals surface area contributed by atoms with Gasteiger partial charge in [0.05, 0.1) is 30.0 Å². The van der Waals surface area contributed by atoms with Gasteiger partial charge in [0.15, 0.2) is 5.82 Å². The van der Waals surface area contributed by atoms with E-state index in [1.54, 1.807) is 0 Å². The van der Waals surface area contributed by atoms with E-state index in [2.05, 4.69) is 25.5 Å². The zero-order chi connectivity index (χ0) is 20.1. The maximum Gasteiger partial charge on any atom is 0.277 e. The van der Waals surface area contributed by atoms with Crippen LogP contribution in [0.3, 0.4) is 0 Å². The zero-order valence-electron chi connectivity index (χ0n) is 15.1. The van der Waals surface area contributed by atoms with Crippen LogP contribution in [0, 0.1) is 11.3 Å². The molecular weight excluding hydrogens is 414 g/mol. The van der Waals surface area contributed by atoms with Gasteiger partial charge in [0.1, 0.15) is 11.6 Å². The van der Waals surface area contributed by atoms with Crippen molar-refractivity contribution in [3.8, 4) is 16.8 Å². The molecule has 0 aromatic carbocycles. The largest absolute Gasteiger partial charge is 0.410 e. The fourth-order valence-electron chi connectivity index (χ4n) is 2.53. The molecule has 0 aliphatic carbocycles. The summed E-state index contributed by atoms with van der Waals surface area (Å²) in [6.45, 7) is 2.47. The second-order valence-electron chi connectivity index (χ2n) is 5.83. The van der Waals surface area contributed by atoms with Crippen molar-refractivity contribution in [2.45, 2.75) is 5.22 Å². The number of nitrogens with zero attached hydrogens (tertiary/aromatic N) is 6. The van der Waals surface area contributed by atoms with E-state index < -0.39 is 0 Å². The predicted octanol–water partition coefficient (Wildman–Crippen LogP) is 2.03. The first kappa shape index (κ1) is 19.3. The molecule has 10 nitrogen and oxygen atoms in total. The lowest BCUT2D eigenvalue weighted by Gasteiger charge is -2.26. The summed E-state index contributed by atoms with van der Waals surface area (Å²) >= 11 is 2.60. The molecule has 1 aliphatic rings. The van der Waals surface area contributed by atoms with Crippen LogP contribution in [0.25, 0.3) is 10.8 Å². The minimum atomic E-state index is -0.339. The Balaban J connectivity index is 1.39. The molecule has 0 bridgehead atoms. The van der Waals surface area contributed by atoms with Crippen LogP contribution in [-0.4, -0.2) is 58.1 Å². The maximum absolute atomic E-state index is 12.4. The predicted molar refractivity (Wildman–Crippen MR) is 107 cm³/mol. The van der Waals surface area contributed by atoms with Crippen molar-refractivity contribution in [2.24, 2.45) is 0 Å². The molecule has 3 aromatic rings. The number of carbonyl (C=O) groups is 1. The molecule has 4 rings (SSSR count). The van der Waals surface area contributed by atoms with Crippen LogP contribution in [0.5, 0.6) is 0 Å². The smallest absolute Gasteiger partial charge is 0.277 e. The van der Waals surface area contributed by atoms with E-state index in [0.29, 0.717) is 43.4 Å². The Morgan fingerprint density at radius 1 is 1.38 bits per heavy atom. The highest BCUT2D eigenvalue weighted by Gasteiger charge is 2.18. The molecule has 4 heterocycles. The second kappa shape index (κ2) is 8.99. The third-order valence-corrected chi connectivity index (χ3v) is 5.59. The van der Waals surface area contributed by atoms with Crippen molar-refractivity contribution < 1.29 is 13.9 Å². The van der Waals surface area contributed by atoms with E-state index in [-0.39, 0.29) is 23.0 Å². The molecule has 0 unspecified atom stereocenters. The Labute approximate surface area is 173 Å². The molecule has 148 valence electrons. The summed E-state index contributed by atoms with van der Waals surface area (Å²) in [5.74, 6) is 0.746. The number of hydrogen-bond donors (Lipinski definition) is 1. The fourth-order valence-corrected chi connectivity index (χ4v) is 3.74. The molecule has 1 fully saturated rings. The minimum Gasteiger partial charge on any atom is -0.410 e. The second-order valence-corrected chi connectivity index (χ2v) is 7.71. The minimum absolute atomic E-state index is 0.0355. The van der Waals surface area contributed by atoms with Crippen LogP contribution in [0.2, 0.25) is 0 Å². The van der Waals surface area contributed by atoms with Gasteiger partial charge in [-0.1, -0.05) is 17.8 Å². The van der Waals surface area contributed by atoms with Gasteiger partial charge in [-0.3, -0.25) is 4.79 Å². The molecule has 0 spiro atoms. The number of hydrogen-bond acceptors (Lipinski definition) is 11. The number of aromatic nitrogens is 4. The molecule has 1 N–H and O–H groups in total. The number of anilines is 2. The van der Waals surface area contributed by atoms with Gasteiger partial charge in [-0.25, -0.2) is 4.98 Å².